The highest BCUT2D eigenvalue weighted by atomic mass is 16.5. The highest BCUT2D eigenvalue weighted by Gasteiger charge is 2.50. The molecule has 318 valence electrons. The maximum Gasteiger partial charge on any atom is 0.164 e. The zero-order chi connectivity index (χ0) is 45.0. The van der Waals surface area contributed by atoms with Crippen LogP contribution >= 0.6 is 0 Å². The first kappa shape index (κ1) is 39.2. The van der Waals surface area contributed by atoms with Gasteiger partial charge < -0.3 is 4.74 Å². The van der Waals surface area contributed by atoms with Crippen LogP contribution in [0.5, 0.6) is 11.5 Å². The van der Waals surface area contributed by atoms with Crippen molar-refractivity contribution in [3.05, 3.63) is 253 Å². The van der Waals surface area contributed by atoms with Crippen LogP contribution < -0.4 is 4.74 Å². The Kier molecular flexibility index (Phi) is 9.25. The lowest BCUT2D eigenvalue weighted by molar-refractivity contribution is 0.436. The van der Waals surface area contributed by atoms with E-state index in [-0.39, 0.29) is 0 Å². The van der Waals surface area contributed by atoms with Gasteiger partial charge in [-0.05, 0) is 63.7 Å². The number of nitrogens with zero attached hydrogens (tertiary/aromatic N) is 6. The maximum atomic E-state index is 6.98. The lowest BCUT2D eigenvalue weighted by Crippen LogP contribution is -2.32. The molecule has 0 amide bonds. The summed E-state index contributed by atoms with van der Waals surface area (Å²) in [5.74, 6) is 4.94. The van der Waals surface area contributed by atoms with Gasteiger partial charge in [0.1, 0.15) is 11.5 Å². The smallest absolute Gasteiger partial charge is 0.164 e. The van der Waals surface area contributed by atoms with E-state index in [1.165, 1.54) is 22.3 Å². The second-order valence-corrected chi connectivity index (χ2v) is 17.0. The van der Waals surface area contributed by atoms with Crippen molar-refractivity contribution in [3.63, 3.8) is 0 Å². The summed E-state index contributed by atoms with van der Waals surface area (Å²) in [5, 5.41) is 0. The third-order valence-electron chi connectivity index (χ3n) is 13.0. The largest absolute Gasteiger partial charge is 0.457 e. The van der Waals surface area contributed by atoms with Gasteiger partial charge in [-0.3, -0.25) is 0 Å². The quantitative estimate of drug-likeness (QED) is 0.158. The molecule has 0 saturated carbocycles. The maximum absolute atomic E-state index is 6.98. The van der Waals surface area contributed by atoms with E-state index in [2.05, 4.69) is 103 Å². The molecule has 3 heterocycles. The van der Waals surface area contributed by atoms with Crippen molar-refractivity contribution in [2.45, 2.75) is 5.41 Å². The van der Waals surface area contributed by atoms with E-state index in [9.17, 15) is 0 Å². The monoisotopic (exact) mass is 870 g/mol. The fraction of sp³-hybridized carbons (Fsp3) is 0.0164. The highest BCUT2D eigenvalue weighted by Crippen LogP contribution is 2.62. The van der Waals surface area contributed by atoms with Gasteiger partial charge in [-0.15, -0.1) is 0 Å². The van der Waals surface area contributed by atoms with Crippen molar-refractivity contribution in [1.29, 1.82) is 0 Å². The standard InChI is InChI=1S/C61H38N6O/c1-5-19-39(20-6-1)55-62-56(40-21-7-2-8-22-40)65-59(64-55)45-35-44(36-46(37-45)60-66-57(41-23-9-3-10-24-41)63-58(67-60)42-25-11-4-12-26-42)43-33-34-52-54(38-43)68-53-32-18-17-31-51(53)61(52)49-29-15-13-27-47(49)48-28-14-16-30-50(48)61/h1-38H. The fourth-order valence-corrected chi connectivity index (χ4v) is 9.97. The van der Waals surface area contributed by atoms with Crippen LogP contribution in [0, 0.1) is 0 Å². The zero-order valence-electron chi connectivity index (χ0n) is 36.5. The van der Waals surface area contributed by atoms with Crippen molar-refractivity contribution in [3.8, 4) is 102 Å². The Morgan fingerprint density at radius 1 is 0.235 bits per heavy atom. The highest BCUT2D eigenvalue weighted by molar-refractivity contribution is 5.89. The van der Waals surface area contributed by atoms with E-state index in [0.29, 0.717) is 34.9 Å². The molecular formula is C61H38N6O. The minimum Gasteiger partial charge on any atom is -0.457 e. The molecule has 0 atom stereocenters. The summed E-state index contributed by atoms with van der Waals surface area (Å²) < 4.78 is 6.98. The number of aromatic nitrogens is 6. The molecular weight excluding hydrogens is 833 g/mol. The summed E-state index contributed by atoms with van der Waals surface area (Å²) in [5.41, 5.74) is 13.5. The Balaban J connectivity index is 1.05. The average molecular weight is 871 g/mol. The van der Waals surface area contributed by atoms with E-state index in [0.717, 1.165) is 67.1 Å². The van der Waals surface area contributed by atoms with Gasteiger partial charge in [0.25, 0.3) is 0 Å². The van der Waals surface area contributed by atoms with Crippen LogP contribution in [-0.2, 0) is 5.41 Å². The van der Waals surface area contributed by atoms with Gasteiger partial charge in [0.05, 0.1) is 5.41 Å². The van der Waals surface area contributed by atoms with Crippen molar-refractivity contribution in [2.24, 2.45) is 0 Å². The Labute approximate surface area is 393 Å². The van der Waals surface area contributed by atoms with Crippen LogP contribution in [0.3, 0.4) is 0 Å². The lowest BCUT2D eigenvalue weighted by Gasteiger charge is -2.39. The summed E-state index contributed by atoms with van der Waals surface area (Å²) in [6.07, 6.45) is 0. The molecule has 7 heteroatoms. The normalized spacial score (nSPS) is 12.6. The predicted molar refractivity (Wildman–Crippen MR) is 269 cm³/mol. The first-order chi connectivity index (χ1) is 33.7. The molecule has 2 aliphatic rings. The summed E-state index contributed by atoms with van der Waals surface area (Å²) in [6, 6.07) is 79.2. The zero-order valence-corrected chi connectivity index (χ0v) is 36.5. The van der Waals surface area contributed by atoms with Gasteiger partial charge in [0.15, 0.2) is 34.9 Å². The van der Waals surface area contributed by atoms with Gasteiger partial charge in [-0.2, -0.15) is 0 Å². The summed E-state index contributed by atoms with van der Waals surface area (Å²) in [4.78, 5) is 30.8. The molecule has 0 radical (unpaired) electrons. The molecule has 9 aromatic carbocycles. The van der Waals surface area contributed by atoms with Crippen molar-refractivity contribution in [2.75, 3.05) is 0 Å². The second kappa shape index (κ2) is 16.0. The number of para-hydroxylation sites is 1. The van der Waals surface area contributed by atoms with Gasteiger partial charge in [-0.1, -0.05) is 200 Å². The van der Waals surface area contributed by atoms with Crippen molar-refractivity contribution < 1.29 is 4.74 Å². The Morgan fingerprint density at radius 3 is 1.01 bits per heavy atom. The van der Waals surface area contributed by atoms with Crippen molar-refractivity contribution in [1.82, 2.24) is 29.9 Å². The molecule has 13 rings (SSSR count). The van der Waals surface area contributed by atoms with Crippen LogP contribution in [0.2, 0.25) is 0 Å². The van der Waals surface area contributed by atoms with Gasteiger partial charge >= 0.3 is 0 Å². The Morgan fingerprint density at radius 2 is 0.574 bits per heavy atom. The molecule has 0 N–H and O–H groups in total. The SMILES string of the molecule is c1ccc(-c2nc(-c3ccccc3)nc(-c3cc(-c4ccc5c(c4)Oc4ccccc4C54c5ccccc5-c5ccccc54)cc(-c4nc(-c5ccccc5)nc(-c5ccccc5)n4)c3)n2)cc1. The number of hydrogen-bond acceptors (Lipinski definition) is 7. The molecule has 1 aliphatic carbocycles. The predicted octanol–water partition coefficient (Wildman–Crippen LogP) is 14.2. The summed E-state index contributed by atoms with van der Waals surface area (Å²) in [6.45, 7) is 0. The Bertz CT molecular complexity index is 3410. The van der Waals surface area contributed by atoms with Crippen LogP contribution in [0.15, 0.2) is 231 Å². The second-order valence-electron chi connectivity index (χ2n) is 17.0. The van der Waals surface area contributed by atoms with Gasteiger partial charge in [0, 0.05) is 44.5 Å². The van der Waals surface area contributed by atoms with E-state index >= 15 is 0 Å². The first-order valence-corrected chi connectivity index (χ1v) is 22.7. The number of ether oxygens (including phenoxy) is 1. The molecule has 0 saturated heterocycles. The minimum atomic E-state index is -0.581. The number of benzene rings is 9. The molecule has 0 fully saturated rings. The molecule has 0 bridgehead atoms. The number of rotatable bonds is 7. The summed E-state index contributed by atoms with van der Waals surface area (Å²) in [7, 11) is 0. The van der Waals surface area contributed by atoms with E-state index in [4.69, 9.17) is 34.6 Å². The lowest BCUT2D eigenvalue weighted by atomic mass is 9.66. The first-order valence-electron chi connectivity index (χ1n) is 22.7. The Hall–Kier alpha value is -9.20. The fourth-order valence-electron chi connectivity index (χ4n) is 9.97. The van der Waals surface area contributed by atoms with Crippen LogP contribution in [0.4, 0.5) is 0 Å². The minimum absolute atomic E-state index is 0.516. The molecule has 1 aliphatic heterocycles. The van der Waals surface area contributed by atoms with E-state index in [1.54, 1.807) is 0 Å². The molecule has 68 heavy (non-hydrogen) atoms. The average Bonchev–Trinajstić information content (AvgIpc) is 3.71. The van der Waals surface area contributed by atoms with E-state index < -0.39 is 5.41 Å². The number of hydrogen-bond donors (Lipinski definition) is 0. The molecule has 1 spiro atoms. The summed E-state index contributed by atoms with van der Waals surface area (Å²) >= 11 is 0. The number of fused-ring (bicyclic) bond motifs is 9. The third-order valence-corrected chi connectivity index (χ3v) is 13.0. The topological polar surface area (TPSA) is 86.6 Å². The van der Waals surface area contributed by atoms with Crippen LogP contribution in [-0.4, -0.2) is 29.9 Å². The van der Waals surface area contributed by atoms with E-state index in [1.807, 2.05) is 127 Å². The third kappa shape index (κ3) is 6.51. The molecule has 7 nitrogen and oxygen atoms in total. The van der Waals surface area contributed by atoms with Crippen LogP contribution in [0.1, 0.15) is 22.3 Å². The van der Waals surface area contributed by atoms with Crippen LogP contribution in [0.25, 0.3) is 90.6 Å². The molecule has 11 aromatic rings. The van der Waals surface area contributed by atoms with Gasteiger partial charge in [-0.25, -0.2) is 29.9 Å². The van der Waals surface area contributed by atoms with Gasteiger partial charge in [0.2, 0.25) is 0 Å². The molecule has 2 aromatic heterocycles. The van der Waals surface area contributed by atoms with Crippen molar-refractivity contribution >= 4 is 0 Å². The molecule has 0 unspecified atom stereocenters.